The molecule has 4 nitrogen and oxygen atoms in total. The van der Waals surface area contributed by atoms with Crippen LogP contribution in [0, 0.1) is 0 Å². The summed E-state index contributed by atoms with van der Waals surface area (Å²) < 4.78 is 5.45. The third kappa shape index (κ3) is 2.70. The van der Waals surface area contributed by atoms with Gasteiger partial charge in [-0.05, 0) is 38.2 Å². The van der Waals surface area contributed by atoms with Gasteiger partial charge in [0.05, 0.1) is 12.1 Å². The van der Waals surface area contributed by atoms with Crippen molar-refractivity contribution in [3.63, 3.8) is 0 Å². The number of likely N-dealkylation sites (N-methyl/N-ethyl adjacent to an activating group) is 1. The number of anilines is 1. The van der Waals surface area contributed by atoms with Crippen LogP contribution in [-0.4, -0.2) is 49.7 Å². The number of fused-ring (bicyclic) bond motifs is 1. The van der Waals surface area contributed by atoms with E-state index in [0.29, 0.717) is 12.5 Å². The maximum Gasteiger partial charge on any atom is 0.213 e. The van der Waals surface area contributed by atoms with Gasteiger partial charge in [-0.25, -0.2) is 4.98 Å². The van der Waals surface area contributed by atoms with Crippen LogP contribution in [0.1, 0.15) is 6.92 Å². The number of rotatable bonds is 3. The lowest BCUT2D eigenvalue weighted by atomic mass is 10.1. The molecule has 0 radical (unpaired) electrons. The highest BCUT2D eigenvalue weighted by Gasteiger charge is 2.14. The summed E-state index contributed by atoms with van der Waals surface area (Å²) in [7, 11) is 2.18. The summed E-state index contributed by atoms with van der Waals surface area (Å²) in [5.74, 6) is 0.701. The van der Waals surface area contributed by atoms with Crippen LogP contribution < -0.4 is 9.64 Å². The van der Waals surface area contributed by atoms with Gasteiger partial charge in [-0.15, -0.1) is 0 Å². The van der Waals surface area contributed by atoms with Crippen molar-refractivity contribution >= 4 is 16.6 Å². The van der Waals surface area contributed by atoms with Crippen LogP contribution in [0.25, 0.3) is 10.9 Å². The Bertz CT molecular complexity index is 591. The predicted molar refractivity (Wildman–Crippen MR) is 82.6 cm³/mol. The molecule has 0 bridgehead atoms. The number of hydrogen-bond acceptors (Lipinski definition) is 4. The number of pyridine rings is 1. The SMILES string of the molecule is CCOc1ccc2cc(N3CCN(C)CC3)ccc2n1. The molecular formula is C16H21N3O. The van der Waals surface area contributed by atoms with E-state index in [1.807, 2.05) is 13.0 Å². The van der Waals surface area contributed by atoms with Crippen molar-refractivity contribution in [1.29, 1.82) is 0 Å². The molecule has 2 heterocycles. The summed E-state index contributed by atoms with van der Waals surface area (Å²) in [6, 6.07) is 10.5. The number of hydrogen-bond donors (Lipinski definition) is 0. The molecule has 0 unspecified atom stereocenters. The average Bonchev–Trinajstić information content (AvgIpc) is 2.48. The summed E-state index contributed by atoms with van der Waals surface area (Å²) in [6.45, 7) is 7.05. The largest absolute Gasteiger partial charge is 0.478 e. The topological polar surface area (TPSA) is 28.6 Å². The van der Waals surface area contributed by atoms with Gasteiger partial charge in [0.2, 0.25) is 5.88 Å². The van der Waals surface area contributed by atoms with E-state index in [4.69, 9.17) is 4.74 Å². The van der Waals surface area contributed by atoms with Crippen molar-refractivity contribution in [2.24, 2.45) is 0 Å². The molecule has 1 aliphatic rings. The monoisotopic (exact) mass is 271 g/mol. The summed E-state index contributed by atoms with van der Waals surface area (Å²) in [5, 5.41) is 1.17. The van der Waals surface area contributed by atoms with Gasteiger partial charge in [-0.1, -0.05) is 0 Å². The zero-order valence-electron chi connectivity index (χ0n) is 12.2. The Morgan fingerprint density at radius 2 is 1.90 bits per heavy atom. The van der Waals surface area contributed by atoms with E-state index in [9.17, 15) is 0 Å². The van der Waals surface area contributed by atoms with Crippen molar-refractivity contribution in [1.82, 2.24) is 9.88 Å². The van der Waals surface area contributed by atoms with Crippen LogP contribution >= 0.6 is 0 Å². The lowest BCUT2D eigenvalue weighted by Gasteiger charge is -2.34. The van der Waals surface area contributed by atoms with Crippen molar-refractivity contribution < 1.29 is 4.74 Å². The molecule has 1 aliphatic heterocycles. The van der Waals surface area contributed by atoms with E-state index in [0.717, 1.165) is 31.7 Å². The van der Waals surface area contributed by atoms with Gasteiger partial charge in [0.25, 0.3) is 0 Å². The minimum absolute atomic E-state index is 0.651. The van der Waals surface area contributed by atoms with Crippen LogP contribution in [0.4, 0.5) is 5.69 Å². The molecule has 1 aromatic heterocycles. The molecule has 3 rings (SSSR count). The Hall–Kier alpha value is -1.81. The van der Waals surface area contributed by atoms with Gasteiger partial charge in [-0.2, -0.15) is 0 Å². The van der Waals surface area contributed by atoms with Gasteiger partial charge in [0, 0.05) is 43.3 Å². The smallest absolute Gasteiger partial charge is 0.213 e. The van der Waals surface area contributed by atoms with Gasteiger partial charge < -0.3 is 14.5 Å². The second-order valence-corrected chi connectivity index (χ2v) is 5.25. The molecular weight excluding hydrogens is 250 g/mol. The zero-order chi connectivity index (χ0) is 13.9. The Balaban J connectivity index is 1.85. The number of aromatic nitrogens is 1. The Morgan fingerprint density at radius 3 is 2.65 bits per heavy atom. The van der Waals surface area contributed by atoms with E-state index in [-0.39, 0.29) is 0 Å². The van der Waals surface area contributed by atoms with E-state index in [1.165, 1.54) is 11.1 Å². The van der Waals surface area contributed by atoms with E-state index in [2.05, 4.69) is 46.1 Å². The molecule has 1 aromatic carbocycles. The third-order valence-electron chi connectivity index (χ3n) is 3.81. The molecule has 2 aromatic rings. The number of ether oxygens (including phenoxy) is 1. The third-order valence-corrected chi connectivity index (χ3v) is 3.81. The first-order valence-corrected chi connectivity index (χ1v) is 7.23. The van der Waals surface area contributed by atoms with E-state index < -0.39 is 0 Å². The average molecular weight is 271 g/mol. The lowest BCUT2D eigenvalue weighted by Crippen LogP contribution is -2.44. The molecule has 106 valence electrons. The summed E-state index contributed by atoms with van der Waals surface area (Å²) in [4.78, 5) is 9.32. The fourth-order valence-corrected chi connectivity index (χ4v) is 2.58. The molecule has 0 spiro atoms. The zero-order valence-corrected chi connectivity index (χ0v) is 12.2. The first-order valence-electron chi connectivity index (χ1n) is 7.23. The Morgan fingerprint density at radius 1 is 1.10 bits per heavy atom. The fourth-order valence-electron chi connectivity index (χ4n) is 2.58. The van der Waals surface area contributed by atoms with Crippen molar-refractivity contribution in [2.75, 3.05) is 44.7 Å². The highest BCUT2D eigenvalue weighted by Crippen LogP contribution is 2.23. The second kappa shape index (κ2) is 5.67. The summed E-state index contributed by atoms with van der Waals surface area (Å²) in [6.07, 6.45) is 0. The highest BCUT2D eigenvalue weighted by atomic mass is 16.5. The first kappa shape index (κ1) is 13.2. The Labute approximate surface area is 120 Å². The normalized spacial score (nSPS) is 16.6. The van der Waals surface area contributed by atoms with Gasteiger partial charge in [-0.3, -0.25) is 0 Å². The molecule has 0 atom stereocenters. The minimum Gasteiger partial charge on any atom is -0.478 e. The van der Waals surface area contributed by atoms with Gasteiger partial charge in [0.1, 0.15) is 0 Å². The molecule has 0 aliphatic carbocycles. The summed E-state index contributed by atoms with van der Waals surface area (Å²) in [5.41, 5.74) is 2.28. The van der Waals surface area contributed by atoms with Crippen LogP contribution in [-0.2, 0) is 0 Å². The lowest BCUT2D eigenvalue weighted by molar-refractivity contribution is 0.313. The maximum atomic E-state index is 5.45. The number of benzene rings is 1. The second-order valence-electron chi connectivity index (χ2n) is 5.25. The van der Waals surface area contributed by atoms with Crippen LogP contribution in [0.5, 0.6) is 5.88 Å². The van der Waals surface area contributed by atoms with Crippen LogP contribution in [0.3, 0.4) is 0 Å². The number of nitrogens with zero attached hydrogens (tertiary/aromatic N) is 3. The molecule has 0 saturated carbocycles. The Kier molecular flexibility index (Phi) is 3.74. The molecule has 1 fully saturated rings. The van der Waals surface area contributed by atoms with Gasteiger partial charge in [0.15, 0.2) is 0 Å². The molecule has 20 heavy (non-hydrogen) atoms. The predicted octanol–water partition coefficient (Wildman–Crippen LogP) is 2.39. The minimum atomic E-state index is 0.651. The van der Waals surface area contributed by atoms with E-state index >= 15 is 0 Å². The first-order chi connectivity index (χ1) is 9.76. The van der Waals surface area contributed by atoms with E-state index in [1.54, 1.807) is 0 Å². The molecule has 4 heteroatoms. The van der Waals surface area contributed by atoms with Crippen LogP contribution in [0.15, 0.2) is 30.3 Å². The number of piperazine rings is 1. The van der Waals surface area contributed by atoms with Crippen molar-refractivity contribution in [2.45, 2.75) is 6.92 Å². The quantitative estimate of drug-likeness (QED) is 0.857. The molecule has 0 N–H and O–H groups in total. The summed E-state index contributed by atoms with van der Waals surface area (Å²) >= 11 is 0. The maximum absolute atomic E-state index is 5.45. The van der Waals surface area contributed by atoms with Crippen LogP contribution in [0.2, 0.25) is 0 Å². The highest BCUT2D eigenvalue weighted by molar-refractivity contribution is 5.83. The van der Waals surface area contributed by atoms with Crippen molar-refractivity contribution in [3.05, 3.63) is 30.3 Å². The standard InChI is InChI=1S/C16H21N3O/c1-3-20-16-7-4-13-12-14(5-6-15(13)17-16)19-10-8-18(2)9-11-19/h4-7,12H,3,8-11H2,1-2H3. The van der Waals surface area contributed by atoms with Crippen molar-refractivity contribution in [3.8, 4) is 5.88 Å². The fraction of sp³-hybridized carbons (Fsp3) is 0.438. The molecule has 1 saturated heterocycles. The van der Waals surface area contributed by atoms with Gasteiger partial charge >= 0.3 is 0 Å². The molecule has 0 amide bonds.